The molecule has 0 unspecified atom stereocenters. The average molecular weight is 256 g/mol. The van der Waals surface area contributed by atoms with Crippen LogP contribution in [0.2, 0.25) is 0 Å². The largest absolute Gasteiger partial charge is 0.491 e. The zero-order valence-corrected chi connectivity index (χ0v) is 10.4. The van der Waals surface area contributed by atoms with Gasteiger partial charge < -0.3 is 4.74 Å². The molecule has 0 heterocycles. The van der Waals surface area contributed by atoms with E-state index in [0.717, 1.165) is 5.06 Å². The molecule has 93 valence electrons. The van der Waals surface area contributed by atoms with E-state index < -0.39 is 11.0 Å². The van der Waals surface area contributed by atoms with Gasteiger partial charge in [-0.15, -0.1) is 0 Å². The molecule has 5 nitrogen and oxygen atoms in total. The first-order valence-electron chi connectivity index (χ1n) is 5.36. The molecule has 1 fully saturated rings. The number of hydrogen-bond acceptors (Lipinski definition) is 5. The fourth-order valence-corrected chi connectivity index (χ4v) is 1.69. The van der Waals surface area contributed by atoms with Gasteiger partial charge in [0, 0.05) is 13.1 Å². The molecule has 0 aliphatic heterocycles. The molecular weight excluding hydrogens is 242 g/mol. The molecule has 1 saturated carbocycles. The number of para-hydroxylation sites is 1. The lowest BCUT2D eigenvalue weighted by molar-refractivity contribution is 0.284. The van der Waals surface area contributed by atoms with Crippen molar-refractivity contribution in [2.75, 3.05) is 18.7 Å². The Hall–Kier alpha value is -1.27. The van der Waals surface area contributed by atoms with E-state index in [4.69, 9.17) is 4.74 Å². The third-order valence-corrected chi connectivity index (χ3v) is 2.85. The van der Waals surface area contributed by atoms with Crippen molar-refractivity contribution in [1.29, 1.82) is 0 Å². The quantitative estimate of drug-likeness (QED) is 0.611. The molecule has 1 radical (unpaired) electrons. The van der Waals surface area contributed by atoms with Crippen LogP contribution in [0.3, 0.4) is 0 Å². The van der Waals surface area contributed by atoms with Gasteiger partial charge in [-0.1, -0.05) is 12.1 Å². The zero-order chi connectivity index (χ0) is 12.3. The first-order chi connectivity index (χ1) is 8.16. The van der Waals surface area contributed by atoms with Gasteiger partial charge >= 0.3 is 0 Å². The Kier molecular flexibility index (Phi) is 3.86. The first kappa shape index (κ1) is 12.2. The van der Waals surface area contributed by atoms with E-state index in [1.165, 1.54) is 19.9 Å². The first-order valence-corrected chi connectivity index (χ1v) is 6.46. The van der Waals surface area contributed by atoms with Gasteiger partial charge in [-0.3, -0.25) is 0 Å². The summed E-state index contributed by atoms with van der Waals surface area (Å²) in [6.07, 6.45) is 2.40. The van der Waals surface area contributed by atoms with Crippen LogP contribution in [0.4, 0.5) is 5.69 Å². The molecule has 1 aliphatic carbocycles. The molecule has 6 heteroatoms. The SMILES string of the molecule is CN(O[SH](=O)=O)c1[c]cccc1OCC1CC1. The highest BCUT2D eigenvalue weighted by Gasteiger charge is 2.22. The van der Waals surface area contributed by atoms with Crippen LogP contribution in [0, 0.1) is 12.0 Å². The Morgan fingerprint density at radius 1 is 1.53 bits per heavy atom. The number of ether oxygens (including phenoxy) is 1. The van der Waals surface area contributed by atoms with Gasteiger partial charge in [-0.05, 0) is 24.8 Å². The van der Waals surface area contributed by atoms with E-state index in [2.05, 4.69) is 10.4 Å². The monoisotopic (exact) mass is 256 g/mol. The molecule has 0 spiro atoms. The summed E-state index contributed by atoms with van der Waals surface area (Å²) in [6, 6.07) is 8.13. The Labute approximate surface area is 102 Å². The predicted octanol–water partition coefficient (Wildman–Crippen LogP) is 1.17. The van der Waals surface area contributed by atoms with Crippen molar-refractivity contribution < 1.29 is 17.4 Å². The highest BCUT2D eigenvalue weighted by Crippen LogP contribution is 2.32. The van der Waals surface area contributed by atoms with Crippen molar-refractivity contribution in [1.82, 2.24) is 0 Å². The lowest BCUT2D eigenvalue weighted by atomic mass is 10.3. The van der Waals surface area contributed by atoms with Crippen molar-refractivity contribution in [3.63, 3.8) is 0 Å². The van der Waals surface area contributed by atoms with Crippen LogP contribution in [0.5, 0.6) is 5.75 Å². The maximum absolute atomic E-state index is 10.5. The number of rotatable bonds is 6. The van der Waals surface area contributed by atoms with Crippen molar-refractivity contribution in [3.8, 4) is 5.75 Å². The molecular formula is C11H14NO4S. The Balaban J connectivity index is 2.07. The van der Waals surface area contributed by atoms with Gasteiger partial charge in [0.1, 0.15) is 11.4 Å². The standard InChI is InChI=1S/C11H14NO4S/c1-12(16-17(13)14)10-4-2-3-5-11(10)15-8-9-6-7-9/h2-3,5,9,17H,6-8H2,1H3. The van der Waals surface area contributed by atoms with E-state index in [0.29, 0.717) is 24.0 Å². The molecule has 1 aromatic carbocycles. The normalized spacial score (nSPS) is 14.9. The second kappa shape index (κ2) is 5.37. The van der Waals surface area contributed by atoms with Gasteiger partial charge in [-0.25, -0.2) is 13.5 Å². The van der Waals surface area contributed by atoms with Crippen molar-refractivity contribution >= 4 is 16.7 Å². The molecule has 2 rings (SSSR count). The van der Waals surface area contributed by atoms with Crippen LogP contribution in [-0.4, -0.2) is 22.1 Å². The number of anilines is 1. The van der Waals surface area contributed by atoms with Crippen LogP contribution in [0.1, 0.15) is 12.8 Å². The third kappa shape index (κ3) is 3.61. The van der Waals surface area contributed by atoms with Crippen LogP contribution in [-0.2, 0) is 15.3 Å². The summed E-state index contributed by atoms with van der Waals surface area (Å²) in [5, 5.41) is 1.13. The lowest BCUT2D eigenvalue weighted by Gasteiger charge is -2.17. The van der Waals surface area contributed by atoms with E-state index in [-0.39, 0.29) is 0 Å². The summed E-state index contributed by atoms with van der Waals surface area (Å²) in [5.74, 6) is 1.21. The summed E-state index contributed by atoms with van der Waals surface area (Å²) < 4.78 is 31.2. The maximum Gasteiger partial charge on any atom is 0.277 e. The van der Waals surface area contributed by atoms with Crippen LogP contribution < -0.4 is 9.80 Å². The van der Waals surface area contributed by atoms with E-state index in [9.17, 15) is 8.42 Å². The second-order valence-corrected chi connectivity index (χ2v) is 4.55. The van der Waals surface area contributed by atoms with Crippen molar-refractivity contribution in [2.45, 2.75) is 12.8 Å². The highest BCUT2D eigenvalue weighted by atomic mass is 32.2. The molecule has 0 saturated heterocycles. The van der Waals surface area contributed by atoms with Crippen LogP contribution in [0.25, 0.3) is 0 Å². The van der Waals surface area contributed by atoms with Crippen molar-refractivity contribution in [3.05, 3.63) is 24.3 Å². The molecule has 0 aromatic heterocycles. The molecule has 0 N–H and O–H groups in total. The molecule has 1 aromatic rings. The Morgan fingerprint density at radius 3 is 2.94 bits per heavy atom. The van der Waals surface area contributed by atoms with Crippen molar-refractivity contribution in [2.24, 2.45) is 5.92 Å². The number of nitrogens with zero attached hydrogens (tertiary/aromatic N) is 1. The highest BCUT2D eigenvalue weighted by molar-refractivity contribution is 7.67. The lowest BCUT2D eigenvalue weighted by Crippen LogP contribution is -2.18. The smallest absolute Gasteiger partial charge is 0.277 e. The van der Waals surface area contributed by atoms with Gasteiger partial charge in [0.05, 0.1) is 6.61 Å². The molecule has 0 amide bonds. The van der Waals surface area contributed by atoms with Crippen LogP contribution >= 0.6 is 0 Å². The summed E-state index contributed by atoms with van der Waals surface area (Å²) in [7, 11) is -1.43. The topological polar surface area (TPSA) is 55.8 Å². The minimum absolute atomic E-state index is 0.479. The van der Waals surface area contributed by atoms with Gasteiger partial charge in [0.25, 0.3) is 11.0 Å². The Bertz CT molecular complexity index is 449. The van der Waals surface area contributed by atoms with E-state index >= 15 is 0 Å². The van der Waals surface area contributed by atoms with Gasteiger partial charge in [0.2, 0.25) is 0 Å². The molecule has 17 heavy (non-hydrogen) atoms. The third-order valence-electron chi connectivity index (χ3n) is 2.47. The summed E-state index contributed by atoms with van der Waals surface area (Å²) in [6.45, 7) is 0.655. The molecule has 1 aliphatic rings. The molecule has 0 atom stereocenters. The number of hydrogen-bond donors (Lipinski definition) is 1. The average Bonchev–Trinajstić information content (AvgIpc) is 3.09. The van der Waals surface area contributed by atoms with Gasteiger partial charge in [-0.2, -0.15) is 4.28 Å². The fourth-order valence-electron chi connectivity index (χ4n) is 1.41. The number of benzene rings is 1. The summed E-state index contributed by atoms with van der Waals surface area (Å²) in [4.78, 5) is 0. The number of hydroxylamine groups is 1. The number of thiol groups is 1. The van der Waals surface area contributed by atoms with Gasteiger partial charge in [0.15, 0.2) is 0 Å². The van der Waals surface area contributed by atoms with Crippen LogP contribution in [0.15, 0.2) is 18.2 Å². The summed E-state index contributed by atoms with van der Waals surface area (Å²) in [5.41, 5.74) is 0.479. The second-order valence-electron chi connectivity index (χ2n) is 3.94. The Morgan fingerprint density at radius 2 is 2.29 bits per heavy atom. The van der Waals surface area contributed by atoms with E-state index in [1.807, 2.05) is 0 Å². The predicted molar refractivity (Wildman–Crippen MR) is 63.3 cm³/mol. The molecule has 0 bridgehead atoms. The minimum atomic E-state index is -2.93. The fraction of sp³-hybridized carbons (Fsp3) is 0.455. The maximum atomic E-state index is 10.5. The zero-order valence-electron chi connectivity index (χ0n) is 9.46. The minimum Gasteiger partial charge on any atom is -0.491 e. The van der Waals surface area contributed by atoms with E-state index in [1.54, 1.807) is 18.2 Å². The summed E-state index contributed by atoms with van der Waals surface area (Å²) >= 11 is 0.